The molecular formula is C23H26N4O2. The van der Waals surface area contributed by atoms with Crippen molar-refractivity contribution in [3.05, 3.63) is 65.5 Å². The van der Waals surface area contributed by atoms with Gasteiger partial charge in [-0.25, -0.2) is 4.79 Å². The number of benzene rings is 1. The zero-order valence-corrected chi connectivity index (χ0v) is 16.9. The smallest absolute Gasteiger partial charge is 0.322 e. The Kier molecular flexibility index (Phi) is 5.34. The summed E-state index contributed by atoms with van der Waals surface area (Å²) < 4.78 is 0. The third-order valence-electron chi connectivity index (χ3n) is 5.54. The van der Waals surface area contributed by atoms with Gasteiger partial charge in [-0.2, -0.15) is 0 Å². The number of pyridine rings is 1. The van der Waals surface area contributed by atoms with Gasteiger partial charge in [0.15, 0.2) is 0 Å². The van der Waals surface area contributed by atoms with Gasteiger partial charge in [0.05, 0.1) is 0 Å². The average Bonchev–Trinajstić information content (AvgIpc) is 3.18. The molecule has 0 aliphatic carbocycles. The molecule has 6 heteroatoms. The highest BCUT2D eigenvalue weighted by molar-refractivity contribution is 5.90. The fourth-order valence-electron chi connectivity index (χ4n) is 3.83. The van der Waals surface area contributed by atoms with Gasteiger partial charge >= 0.3 is 6.03 Å². The molecule has 2 aliphatic heterocycles. The van der Waals surface area contributed by atoms with E-state index < -0.39 is 0 Å². The molecule has 0 spiro atoms. The van der Waals surface area contributed by atoms with Crippen molar-refractivity contribution in [3.63, 3.8) is 0 Å². The Morgan fingerprint density at radius 1 is 1.03 bits per heavy atom. The maximum absolute atomic E-state index is 12.6. The van der Waals surface area contributed by atoms with Crippen LogP contribution in [0, 0.1) is 5.92 Å². The van der Waals surface area contributed by atoms with Gasteiger partial charge in [-0.05, 0) is 46.9 Å². The van der Waals surface area contributed by atoms with Gasteiger partial charge in [0, 0.05) is 50.2 Å². The van der Waals surface area contributed by atoms with Crippen LogP contribution in [0.5, 0.6) is 0 Å². The lowest BCUT2D eigenvalue weighted by Crippen LogP contribution is -2.37. The molecule has 0 saturated heterocycles. The summed E-state index contributed by atoms with van der Waals surface area (Å²) in [7, 11) is 0. The van der Waals surface area contributed by atoms with Crippen LogP contribution in [0.15, 0.2) is 48.8 Å². The summed E-state index contributed by atoms with van der Waals surface area (Å²) in [6.07, 6.45) is 6.57. The Balaban J connectivity index is 1.35. The number of nitrogens with one attached hydrogen (secondary N) is 1. The number of urea groups is 1. The summed E-state index contributed by atoms with van der Waals surface area (Å²) in [5.74, 6) is 0.241. The summed E-state index contributed by atoms with van der Waals surface area (Å²) in [6.45, 7) is 6.49. The number of anilines is 1. The molecule has 6 nitrogen and oxygen atoms in total. The van der Waals surface area contributed by atoms with Crippen molar-refractivity contribution in [2.24, 2.45) is 5.92 Å². The second kappa shape index (κ2) is 8.07. The summed E-state index contributed by atoms with van der Waals surface area (Å²) in [5.41, 5.74) is 5.42. The summed E-state index contributed by atoms with van der Waals surface area (Å²) in [6, 6.07) is 9.79. The largest absolute Gasteiger partial charge is 0.338 e. The maximum atomic E-state index is 12.6. The van der Waals surface area contributed by atoms with Crippen molar-refractivity contribution in [2.45, 2.75) is 33.4 Å². The zero-order valence-electron chi connectivity index (χ0n) is 16.9. The molecule has 0 saturated carbocycles. The van der Waals surface area contributed by atoms with E-state index in [2.05, 4.69) is 16.4 Å². The first-order valence-corrected chi connectivity index (χ1v) is 10.1. The number of hydrogen-bond donors (Lipinski definition) is 1. The predicted octanol–water partition coefficient (Wildman–Crippen LogP) is 3.90. The predicted molar refractivity (Wildman–Crippen MR) is 113 cm³/mol. The first-order valence-electron chi connectivity index (χ1n) is 10.1. The van der Waals surface area contributed by atoms with E-state index >= 15 is 0 Å². The number of rotatable bonds is 3. The van der Waals surface area contributed by atoms with Gasteiger partial charge in [0.25, 0.3) is 0 Å². The van der Waals surface area contributed by atoms with E-state index in [1.54, 1.807) is 11.1 Å². The van der Waals surface area contributed by atoms with E-state index in [1.165, 1.54) is 5.57 Å². The number of fused-ring (bicyclic) bond motifs is 1. The van der Waals surface area contributed by atoms with Crippen LogP contribution in [0.4, 0.5) is 10.5 Å². The van der Waals surface area contributed by atoms with E-state index in [0.29, 0.717) is 19.6 Å². The van der Waals surface area contributed by atoms with Crippen molar-refractivity contribution in [3.8, 4) is 0 Å². The topological polar surface area (TPSA) is 65.5 Å². The second-order valence-corrected chi connectivity index (χ2v) is 7.93. The second-order valence-electron chi connectivity index (χ2n) is 7.93. The molecule has 29 heavy (non-hydrogen) atoms. The monoisotopic (exact) mass is 390 g/mol. The van der Waals surface area contributed by atoms with Gasteiger partial charge in [0.2, 0.25) is 5.91 Å². The number of amides is 3. The fraction of sp³-hybridized carbons (Fsp3) is 0.348. The summed E-state index contributed by atoms with van der Waals surface area (Å²) >= 11 is 0. The van der Waals surface area contributed by atoms with Crippen LogP contribution >= 0.6 is 0 Å². The highest BCUT2D eigenvalue weighted by Gasteiger charge is 2.23. The van der Waals surface area contributed by atoms with Gasteiger partial charge in [0.1, 0.15) is 0 Å². The number of carbonyl (C=O) groups excluding carboxylic acids is 2. The lowest BCUT2D eigenvalue weighted by Gasteiger charge is -2.28. The van der Waals surface area contributed by atoms with Gasteiger partial charge in [-0.3, -0.25) is 9.78 Å². The van der Waals surface area contributed by atoms with E-state index in [4.69, 9.17) is 0 Å². The van der Waals surface area contributed by atoms with Gasteiger partial charge in [-0.1, -0.05) is 32.1 Å². The molecule has 0 radical (unpaired) electrons. The van der Waals surface area contributed by atoms with Crippen LogP contribution in [0.3, 0.4) is 0 Å². The van der Waals surface area contributed by atoms with Crippen LogP contribution in [0.25, 0.3) is 5.57 Å². The molecule has 1 aromatic carbocycles. The van der Waals surface area contributed by atoms with Crippen molar-refractivity contribution in [2.75, 3.05) is 18.4 Å². The van der Waals surface area contributed by atoms with Crippen molar-refractivity contribution >= 4 is 23.2 Å². The summed E-state index contributed by atoms with van der Waals surface area (Å²) in [4.78, 5) is 32.5. The van der Waals surface area contributed by atoms with Crippen LogP contribution in [0.2, 0.25) is 0 Å². The summed E-state index contributed by atoms with van der Waals surface area (Å²) in [5, 5.41) is 2.98. The molecule has 2 aromatic rings. The molecule has 1 aromatic heterocycles. The number of hydrogen-bond acceptors (Lipinski definition) is 3. The van der Waals surface area contributed by atoms with Gasteiger partial charge in [-0.15, -0.1) is 0 Å². The molecule has 0 unspecified atom stereocenters. The number of carbonyl (C=O) groups is 2. The quantitative estimate of drug-likeness (QED) is 0.864. The van der Waals surface area contributed by atoms with E-state index in [0.717, 1.165) is 35.3 Å². The molecule has 0 atom stereocenters. The number of nitrogens with zero attached hydrogens (tertiary/aromatic N) is 3. The Labute approximate surface area is 171 Å². The van der Waals surface area contributed by atoms with E-state index in [9.17, 15) is 9.59 Å². The molecule has 3 heterocycles. The van der Waals surface area contributed by atoms with Crippen molar-refractivity contribution in [1.29, 1.82) is 0 Å². The zero-order chi connectivity index (χ0) is 20.4. The molecule has 150 valence electrons. The molecule has 3 amide bonds. The third-order valence-corrected chi connectivity index (χ3v) is 5.54. The van der Waals surface area contributed by atoms with Crippen LogP contribution in [-0.2, 0) is 17.9 Å². The Bertz CT molecular complexity index is 925. The third kappa shape index (κ3) is 4.16. The van der Waals surface area contributed by atoms with Crippen LogP contribution in [0.1, 0.15) is 37.0 Å². The number of aromatic nitrogens is 1. The first-order chi connectivity index (χ1) is 14.0. The van der Waals surface area contributed by atoms with E-state index in [1.807, 2.05) is 55.3 Å². The molecule has 4 rings (SSSR count). The minimum absolute atomic E-state index is 0.0347. The Morgan fingerprint density at radius 2 is 1.79 bits per heavy atom. The average molecular weight is 390 g/mol. The standard InChI is InChI=1S/C23H26N4O2/c1-16(2)22(28)26-11-8-18(9-12-26)17-3-5-21(6-4-17)25-23(29)27-14-19-7-10-24-13-20(19)15-27/h3-8,10,13,16H,9,11-12,14-15H2,1-2H3,(H,25,29). The molecule has 0 bridgehead atoms. The highest BCUT2D eigenvalue weighted by Crippen LogP contribution is 2.26. The minimum Gasteiger partial charge on any atom is -0.338 e. The Morgan fingerprint density at radius 3 is 2.45 bits per heavy atom. The van der Waals surface area contributed by atoms with E-state index in [-0.39, 0.29) is 17.9 Å². The molecule has 0 fully saturated rings. The fourth-order valence-corrected chi connectivity index (χ4v) is 3.83. The molecule has 2 aliphatic rings. The lowest BCUT2D eigenvalue weighted by atomic mass is 9.98. The van der Waals surface area contributed by atoms with Gasteiger partial charge < -0.3 is 15.1 Å². The van der Waals surface area contributed by atoms with Crippen LogP contribution in [-0.4, -0.2) is 39.8 Å². The SMILES string of the molecule is CC(C)C(=O)N1CC=C(c2ccc(NC(=O)N3Cc4ccncc4C3)cc2)CC1. The first kappa shape index (κ1) is 19.2. The maximum Gasteiger partial charge on any atom is 0.322 e. The Hall–Kier alpha value is -3.15. The van der Waals surface area contributed by atoms with Crippen LogP contribution < -0.4 is 5.32 Å². The molecule has 1 N–H and O–H groups in total. The lowest BCUT2D eigenvalue weighted by molar-refractivity contribution is -0.134. The van der Waals surface area contributed by atoms with Crippen molar-refractivity contribution < 1.29 is 9.59 Å². The normalized spacial score (nSPS) is 15.9. The van der Waals surface area contributed by atoms with Crippen molar-refractivity contribution in [1.82, 2.24) is 14.8 Å². The minimum atomic E-state index is -0.103. The highest BCUT2D eigenvalue weighted by atomic mass is 16.2. The molecular weight excluding hydrogens is 364 g/mol.